The van der Waals surface area contributed by atoms with Crippen molar-refractivity contribution >= 4 is 28.4 Å². The first kappa shape index (κ1) is 9.35. The molecule has 0 unspecified atom stereocenters. The molecule has 0 atom stereocenters. The van der Waals surface area contributed by atoms with Crippen LogP contribution in [0.4, 0.5) is 5.95 Å². The van der Waals surface area contributed by atoms with Gasteiger partial charge in [0, 0.05) is 11.6 Å². The molecule has 0 saturated carbocycles. The van der Waals surface area contributed by atoms with Gasteiger partial charge in [-0.15, -0.1) is 0 Å². The lowest BCUT2D eigenvalue weighted by Gasteiger charge is -2.01. The Bertz CT molecular complexity index is 639. The molecule has 3 aromatic heterocycles. The number of aromatic nitrogens is 3. The third kappa shape index (κ3) is 1.29. The molecule has 0 aromatic carbocycles. The standard InChI is InChI=1S/C11H10N4S/c1-7-4-9-10(13-5-7)15(11(12)14-9)8-2-3-16-6-8/h2-6H,1H3,(H2,12,14). The molecule has 0 saturated heterocycles. The van der Waals surface area contributed by atoms with E-state index in [9.17, 15) is 0 Å². The maximum Gasteiger partial charge on any atom is 0.207 e. The lowest BCUT2D eigenvalue weighted by atomic mass is 10.3. The Morgan fingerprint density at radius 2 is 2.31 bits per heavy atom. The van der Waals surface area contributed by atoms with Crippen molar-refractivity contribution in [2.45, 2.75) is 6.92 Å². The van der Waals surface area contributed by atoms with E-state index in [1.54, 1.807) is 11.3 Å². The van der Waals surface area contributed by atoms with Gasteiger partial charge in [0.15, 0.2) is 5.65 Å². The zero-order chi connectivity index (χ0) is 11.1. The van der Waals surface area contributed by atoms with Crippen LogP contribution in [0.25, 0.3) is 16.9 Å². The van der Waals surface area contributed by atoms with E-state index in [1.807, 2.05) is 40.6 Å². The molecule has 2 N–H and O–H groups in total. The van der Waals surface area contributed by atoms with Crippen LogP contribution in [-0.4, -0.2) is 14.5 Å². The molecule has 0 amide bonds. The number of hydrogen-bond donors (Lipinski definition) is 1. The van der Waals surface area contributed by atoms with Crippen molar-refractivity contribution in [3.8, 4) is 5.69 Å². The average Bonchev–Trinajstić information content (AvgIpc) is 2.83. The highest BCUT2D eigenvalue weighted by atomic mass is 32.1. The summed E-state index contributed by atoms with van der Waals surface area (Å²) in [7, 11) is 0. The van der Waals surface area contributed by atoms with E-state index in [0.717, 1.165) is 22.4 Å². The summed E-state index contributed by atoms with van der Waals surface area (Å²) in [5.41, 5.74) is 9.66. The van der Waals surface area contributed by atoms with E-state index >= 15 is 0 Å². The van der Waals surface area contributed by atoms with E-state index in [2.05, 4.69) is 9.97 Å². The molecular weight excluding hydrogens is 220 g/mol. The predicted molar refractivity (Wildman–Crippen MR) is 65.9 cm³/mol. The third-order valence-corrected chi connectivity index (χ3v) is 3.10. The molecule has 0 bridgehead atoms. The van der Waals surface area contributed by atoms with E-state index in [0.29, 0.717) is 5.95 Å². The molecule has 80 valence electrons. The molecule has 0 spiro atoms. The highest BCUT2D eigenvalue weighted by Gasteiger charge is 2.11. The molecule has 3 heterocycles. The number of imidazole rings is 1. The summed E-state index contributed by atoms with van der Waals surface area (Å²) in [5.74, 6) is 0.478. The maximum atomic E-state index is 5.91. The minimum absolute atomic E-state index is 0.478. The normalized spacial score (nSPS) is 11.1. The minimum atomic E-state index is 0.478. The summed E-state index contributed by atoms with van der Waals surface area (Å²) in [6.45, 7) is 1.99. The van der Waals surface area contributed by atoms with Crippen LogP contribution in [-0.2, 0) is 0 Å². The van der Waals surface area contributed by atoms with Crippen LogP contribution in [0.1, 0.15) is 5.56 Å². The van der Waals surface area contributed by atoms with Gasteiger partial charge < -0.3 is 5.73 Å². The number of nitrogens with two attached hydrogens (primary N) is 1. The van der Waals surface area contributed by atoms with Crippen molar-refractivity contribution in [2.75, 3.05) is 5.73 Å². The van der Waals surface area contributed by atoms with Crippen LogP contribution in [0.2, 0.25) is 0 Å². The fourth-order valence-electron chi connectivity index (χ4n) is 1.72. The molecule has 4 nitrogen and oxygen atoms in total. The van der Waals surface area contributed by atoms with Gasteiger partial charge in [0.05, 0.1) is 5.69 Å². The smallest absolute Gasteiger partial charge is 0.207 e. The first-order valence-corrected chi connectivity index (χ1v) is 5.83. The van der Waals surface area contributed by atoms with Gasteiger partial charge in [-0.2, -0.15) is 11.3 Å². The molecule has 16 heavy (non-hydrogen) atoms. The summed E-state index contributed by atoms with van der Waals surface area (Å²) in [5, 5.41) is 4.04. The van der Waals surface area contributed by atoms with Crippen molar-refractivity contribution in [3.05, 3.63) is 34.7 Å². The summed E-state index contributed by atoms with van der Waals surface area (Å²) < 4.78 is 1.87. The van der Waals surface area contributed by atoms with Gasteiger partial charge in [-0.25, -0.2) is 9.97 Å². The highest BCUT2D eigenvalue weighted by Crippen LogP contribution is 2.23. The number of aryl methyl sites for hydroxylation is 1. The molecule has 0 fully saturated rings. The van der Waals surface area contributed by atoms with Crippen LogP contribution in [0, 0.1) is 6.92 Å². The monoisotopic (exact) mass is 230 g/mol. The summed E-state index contributed by atoms with van der Waals surface area (Å²) in [4.78, 5) is 8.70. The van der Waals surface area contributed by atoms with Gasteiger partial charge in [-0.1, -0.05) is 0 Å². The summed E-state index contributed by atoms with van der Waals surface area (Å²) in [6.07, 6.45) is 1.83. The molecule has 3 rings (SSSR count). The third-order valence-electron chi connectivity index (χ3n) is 2.42. The maximum absolute atomic E-state index is 5.91. The molecular formula is C11H10N4S. The Kier molecular flexibility index (Phi) is 1.94. The minimum Gasteiger partial charge on any atom is -0.369 e. The highest BCUT2D eigenvalue weighted by molar-refractivity contribution is 7.08. The number of nitrogens with zero attached hydrogens (tertiary/aromatic N) is 3. The second kappa shape index (κ2) is 3.31. The van der Waals surface area contributed by atoms with Crippen molar-refractivity contribution in [3.63, 3.8) is 0 Å². The second-order valence-electron chi connectivity index (χ2n) is 3.64. The molecule has 0 aliphatic rings. The van der Waals surface area contributed by atoms with Crippen LogP contribution >= 0.6 is 11.3 Å². The molecule has 0 aliphatic carbocycles. The number of anilines is 1. The lowest BCUT2D eigenvalue weighted by Crippen LogP contribution is -1.99. The molecule has 0 radical (unpaired) electrons. The van der Waals surface area contributed by atoms with Crippen LogP contribution in [0.3, 0.4) is 0 Å². The van der Waals surface area contributed by atoms with Crippen LogP contribution in [0.15, 0.2) is 29.1 Å². The quantitative estimate of drug-likeness (QED) is 0.698. The van der Waals surface area contributed by atoms with Crippen molar-refractivity contribution in [1.82, 2.24) is 14.5 Å². The fraction of sp³-hybridized carbons (Fsp3) is 0.0909. The van der Waals surface area contributed by atoms with Gasteiger partial charge in [-0.05, 0) is 30.0 Å². The lowest BCUT2D eigenvalue weighted by molar-refractivity contribution is 1.09. The number of fused-ring (bicyclic) bond motifs is 1. The molecule has 3 aromatic rings. The number of pyridine rings is 1. The Morgan fingerprint density at radius 3 is 3.06 bits per heavy atom. The molecule has 0 aliphatic heterocycles. The van der Waals surface area contributed by atoms with E-state index in [4.69, 9.17) is 5.73 Å². The topological polar surface area (TPSA) is 56.7 Å². The van der Waals surface area contributed by atoms with Crippen LogP contribution in [0.5, 0.6) is 0 Å². The van der Waals surface area contributed by atoms with Gasteiger partial charge in [-0.3, -0.25) is 4.57 Å². The zero-order valence-corrected chi connectivity index (χ0v) is 9.53. The average molecular weight is 230 g/mol. The van der Waals surface area contributed by atoms with Gasteiger partial charge in [0.2, 0.25) is 5.95 Å². The summed E-state index contributed by atoms with van der Waals surface area (Å²) >= 11 is 1.63. The number of hydrogen-bond acceptors (Lipinski definition) is 4. The van der Waals surface area contributed by atoms with Crippen molar-refractivity contribution in [1.29, 1.82) is 0 Å². The van der Waals surface area contributed by atoms with Gasteiger partial charge in [0.1, 0.15) is 5.52 Å². The Hall–Kier alpha value is -1.88. The predicted octanol–water partition coefficient (Wildman–Crippen LogP) is 2.37. The Labute approximate surface area is 96.4 Å². The SMILES string of the molecule is Cc1cnc2c(c1)nc(N)n2-c1ccsc1. The van der Waals surface area contributed by atoms with Gasteiger partial charge in [0.25, 0.3) is 0 Å². The fourth-order valence-corrected chi connectivity index (χ4v) is 2.34. The van der Waals surface area contributed by atoms with Crippen molar-refractivity contribution < 1.29 is 0 Å². The first-order valence-electron chi connectivity index (χ1n) is 4.89. The van der Waals surface area contributed by atoms with E-state index < -0.39 is 0 Å². The number of nitrogen functional groups attached to an aromatic ring is 1. The Balaban J connectivity index is 2.36. The molecule has 5 heteroatoms. The zero-order valence-electron chi connectivity index (χ0n) is 8.71. The van der Waals surface area contributed by atoms with Gasteiger partial charge >= 0.3 is 0 Å². The first-order chi connectivity index (χ1) is 7.75. The van der Waals surface area contributed by atoms with Crippen molar-refractivity contribution in [2.24, 2.45) is 0 Å². The van der Waals surface area contributed by atoms with Crippen LogP contribution < -0.4 is 5.73 Å². The second-order valence-corrected chi connectivity index (χ2v) is 4.42. The Morgan fingerprint density at radius 1 is 1.44 bits per heavy atom. The van der Waals surface area contributed by atoms with E-state index in [1.165, 1.54) is 0 Å². The largest absolute Gasteiger partial charge is 0.369 e. The number of rotatable bonds is 1. The van der Waals surface area contributed by atoms with E-state index in [-0.39, 0.29) is 0 Å². The summed E-state index contributed by atoms with van der Waals surface area (Å²) in [6, 6.07) is 3.99. The number of thiophene rings is 1.